The smallest absolute Gasteiger partial charge is 0.180 e. The van der Waals surface area contributed by atoms with Gasteiger partial charge >= 0.3 is 0 Å². The van der Waals surface area contributed by atoms with E-state index < -0.39 is 0 Å². The Morgan fingerprint density at radius 3 is 2.90 bits per heavy atom. The number of fused-ring (bicyclic) bond motifs is 2. The summed E-state index contributed by atoms with van der Waals surface area (Å²) < 4.78 is 9.08. The van der Waals surface area contributed by atoms with Crippen molar-refractivity contribution in [3.63, 3.8) is 0 Å². The second-order valence-electron chi connectivity index (χ2n) is 6.98. The summed E-state index contributed by atoms with van der Waals surface area (Å²) in [6, 6.07) is 11.7. The Hall–Kier alpha value is -3.91. The van der Waals surface area contributed by atoms with Gasteiger partial charge in [-0.25, -0.2) is 9.97 Å². The number of hydrogen-bond acceptors (Lipinski definition) is 6. The summed E-state index contributed by atoms with van der Waals surface area (Å²) in [5, 5.41) is 18.3. The fourth-order valence-electron chi connectivity index (χ4n) is 3.57. The highest BCUT2D eigenvalue weighted by atomic mass is 16.5. The van der Waals surface area contributed by atoms with Crippen molar-refractivity contribution in [2.24, 2.45) is 7.05 Å². The van der Waals surface area contributed by atoms with E-state index in [2.05, 4.69) is 21.5 Å². The Morgan fingerprint density at radius 1 is 1.17 bits per heavy atom. The number of aliphatic hydroxyl groups is 1. The molecule has 150 valence electrons. The maximum Gasteiger partial charge on any atom is 0.180 e. The number of nitrogens with one attached hydrogen (secondary N) is 1. The predicted octanol–water partition coefficient (Wildman–Crippen LogP) is 3.53. The van der Waals surface area contributed by atoms with Crippen molar-refractivity contribution >= 4 is 28.1 Å². The second kappa shape index (κ2) is 7.16. The van der Waals surface area contributed by atoms with E-state index in [4.69, 9.17) is 9.72 Å². The maximum atomic E-state index is 9.62. The molecule has 2 aromatic carbocycles. The molecular weight excluding hydrogens is 380 g/mol. The predicted molar refractivity (Wildman–Crippen MR) is 115 cm³/mol. The lowest BCUT2D eigenvalue weighted by Crippen LogP contribution is -2.01. The first kappa shape index (κ1) is 18.1. The zero-order valence-corrected chi connectivity index (χ0v) is 16.6. The summed E-state index contributed by atoms with van der Waals surface area (Å²) in [5.41, 5.74) is 5.02. The number of aliphatic hydroxyl groups excluding tert-OH is 1. The van der Waals surface area contributed by atoms with Gasteiger partial charge in [-0.15, -0.1) is 0 Å². The average Bonchev–Trinajstić information content (AvgIpc) is 3.40. The number of hydrogen-bond donors (Lipinski definition) is 2. The summed E-state index contributed by atoms with van der Waals surface area (Å²) in [6.45, 7) is -0.115. The maximum absolute atomic E-state index is 9.62. The Bertz CT molecular complexity index is 1370. The van der Waals surface area contributed by atoms with Crippen LogP contribution in [-0.2, 0) is 13.7 Å². The Labute approximate surface area is 172 Å². The molecule has 5 rings (SSSR count). The van der Waals surface area contributed by atoms with Gasteiger partial charge in [0.2, 0.25) is 0 Å². The van der Waals surface area contributed by atoms with E-state index in [-0.39, 0.29) is 6.61 Å². The van der Waals surface area contributed by atoms with Gasteiger partial charge in [-0.2, -0.15) is 5.10 Å². The number of aryl methyl sites for hydroxylation is 1. The fraction of sp³-hybridized carbons (Fsp3) is 0.136. The molecule has 0 fully saturated rings. The fourth-order valence-corrected chi connectivity index (χ4v) is 3.57. The lowest BCUT2D eigenvalue weighted by molar-refractivity contribution is 0.274. The van der Waals surface area contributed by atoms with Gasteiger partial charge in [0.15, 0.2) is 11.5 Å². The van der Waals surface area contributed by atoms with E-state index in [1.165, 1.54) is 0 Å². The van der Waals surface area contributed by atoms with Crippen LogP contribution in [-0.4, -0.2) is 36.4 Å². The van der Waals surface area contributed by atoms with Gasteiger partial charge in [0.1, 0.15) is 5.75 Å². The van der Waals surface area contributed by atoms with Crippen LogP contribution in [0.1, 0.15) is 5.56 Å². The Kier molecular flexibility index (Phi) is 4.33. The minimum absolute atomic E-state index is 0.115. The molecule has 0 bridgehead atoms. The number of ether oxygens (including phenoxy) is 1. The van der Waals surface area contributed by atoms with Crippen LogP contribution in [0.25, 0.3) is 27.8 Å². The highest BCUT2D eigenvalue weighted by molar-refractivity contribution is 5.84. The van der Waals surface area contributed by atoms with E-state index in [9.17, 15) is 5.11 Å². The number of benzene rings is 2. The third-order valence-electron chi connectivity index (χ3n) is 5.13. The number of anilines is 2. The number of aromatic nitrogens is 5. The minimum atomic E-state index is -0.115. The van der Waals surface area contributed by atoms with Gasteiger partial charge in [-0.05, 0) is 24.3 Å². The third-order valence-corrected chi connectivity index (χ3v) is 5.13. The molecule has 0 unspecified atom stereocenters. The average molecular weight is 400 g/mol. The second-order valence-corrected chi connectivity index (χ2v) is 6.98. The summed E-state index contributed by atoms with van der Waals surface area (Å²) >= 11 is 0. The van der Waals surface area contributed by atoms with Gasteiger partial charge in [0, 0.05) is 47.8 Å². The molecule has 8 heteroatoms. The summed E-state index contributed by atoms with van der Waals surface area (Å²) in [6.07, 6.45) is 7.43. The summed E-state index contributed by atoms with van der Waals surface area (Å²) in [7, 11) is 3.51. The van der Waals surface area contributed by atoms with Crippen molar-refractivity contribution in [1.82, 2.24) is 24.1 Å². The van der Waals surface area contributed by atoms with Crippen LogP contribution in [0.2, 0.25) is 0 Å². The minimum Gasteiger partial charge on any atom is -0.496 e. The molecule has 3 heterocycles. The molecule has 30 heavy (non-hydrogen) atoms. The lowest BCUT2D eigenvalue weighted by Gasteiger charge is -2.12. The zero-order chi connectivity index (χ0) is 20.7. The van der Waals surface area contributed by atoms with Crippen molar-refractivity contribution in [3.8, 4) is 17.0 Å². The molecular formula is C22H20N6O2. The van der Waals surface area contributed by atoms with E-state index in [1.54, 1.807) is 13.3 Å². The normalized spacial score (nSPS) is 11.3. The molecule has 0 amide bonds. The third kappa shape index (κ3) is 3.03. The number of imidazole rings is 1. The Morgan fingerprint density at radius 2 is 2.07 bits per heavy atom. The van der Waals surface area contributed by atoms with Crippen LogP contribution >= 0.6 is 0 Å². The van der Waals surface area contributed by atoms with Crippen LogP contribution < -0.4 is 10.1 Å². The molecule has 0 aliphatic heterocycles. The standard InChI is InChI=1S/C22H20N6O2/c1-27-19-10-14(3-4-15(19)11-24-27)18-12-28-8-7-23-22(28)21(26-18)25-17-5-6-20(30-2)16(9-17)13-29/h3-12,29H,13H2,1-2H3,(H,25,26). The summed E-state index contributed by atoms with van der Waals surface area (Å²) in [5.74, 6) is 1.26. The first-order chi connectivity index (χ1) is 14.7. The van der Waals surface area contributed by atoms with Crippen LogP contribution in [0.5, 0.6) is 5.75 Å². The van der Waals surface area contributed by atoms with E-state index in [0.29, 0.717) is 22.8 Å². The van der Waals surface area contributed by atoms with Crippen molar-refractivity contribution in [1.29, 1.82) is 0 Å². The molecule has 0 saturated heterocycles. The number of methoxy groups -OCH3 is 1. The van der Waals surface area contributed by atoms with Crippen LogP contribution in [0.3, 0.4) is 0 Å². The largest absolute Gasteiger partial charge is 0.496 e. The first-order valence-corrected chi connectivity index (χ1v) is 9.47. The van der Waals surface area contributed by atoms with E-state index in [0.717, 1.165) is 27.8 Å². The van der Waals surface area contributed by atoms with Crippen molar-refractivity contribution in [2.45, 2.75) is 6.61 Å². The molecule has 0 aliphatic carbocycles. The van der Waals surface area contributed by atoms with Crippen LogP contribution in [0.15, 0.2) is 61.2 Å². The summed E-state index contributed by atoms with van der Waals surface area (Å²) in [4.78, 5) is 9.27. The van der Waals surface area contributed by atoms with Gasteiger partial charge in [0.25, 0.3) is 0 Å². The lowest BCUT2D eigenvalue weighted by atomic mass is 10.1. The number of rotatable bonds is 5. The molecule has 5 aromatic rings. The molecule has 8 nitrogen and oxygen atoms in total. The molecule has 3 aromatic heterocycles. The Balaban J connectivity index is 1.60. The van der Waals surface area contributed by atoms with Crippen molar-refractivity contribution in [2.75, 3.05) is 12.4 Å². The molecule has 0 aliphatic rings. The van der Waals surface area contributed by atoms with Gasteiger partial charge in [-0.1, -0.05) is 12.1 Å². The van der Waals surface area contributed by atoms with Crippen LogP contribution in [0, 0.1) is 0 Å². The van der Waals surface area contributed by atoms with Gasteiger partial charge in [0.05, 0.1) is 31.1 Å². The zero-order valence-electron chi connectivity index (χ0n) is 16.6. The van der Waals surface area contributed by atoms with E-state index >= 15 is 0 Å². The van der Waals surface area contributed by atoms with Crippen molar-refractivity contribution < 1.29 is 9.84 Å². The highest BCUT2D eigenvalue weighted by Crippen LogP contribution is 2.29. The van der Waals surface area contributed by atoms with Gasteiger partial charge < -0.3 is 19.6 Å². The van der Waals surface area contributed by atoms with Crippen LogP contribution in [0.4, 0.5) is 11.5 Å². The quantitative estimate of drug-likeness (QED) is 0.469. The number of nitrogens with zero attached hydrogens (tertiary/aromatic N) is 5. The topological polar surface area (TPSA) is 89.5 Å². The highest BCUT2D eigenvalue weighted by Gasteiger charge is 2.12. The molecule has 0 saturated carbocycles. The SMILES string of the molecule is COc1ccc(Nc2nc(-c3ccc4cnn(C)c4c3)cn3ccnc23)cc1CO. The monoisotopic (exact) mass is 400 g/mol. The molecule has 0 radical (unpaired) electrons. The van der Waals surface area contributed by atoms with Crippen molar-refractivity contribution in [3.05, 3.63) is 66.7 Å². The molecule has 2 N–H and O–H groups in total. The molecule has 0 spiro atoms. The first-order valence-electron chi connectivity index (χ1n) is 9.47. The van der Waals surface area contributed by atoms with E-state index in [1.807, 2.05) is 65.1 Å². The van der Waals surface area contributed by atoms with Gasteiger partial charge in [-0.3, -0.25) is 4.68 Å². The molecule has 0 atom stereocenters.